The number of aryl methyl sites for hydroxylation is 1. The minimum atomic E-state index is 0.0733. The van der Waals surface area contributed by atoms with E-state index in [-0.39, 0.29) is 11.3 Å². The fourth-order valence-electron chi connectivity index (χ4n) is 4.44. The zero-order valence-corrected chi connectivity index (χ0v) is 14.2. The van der Waals surface area contributed by atoms with Crippen molar-refractivity contribution >= 4 is 5.91 Å². The first-order chi connectivity index (χ1) is 12.8. The van der Waals surface area contributed by atoms with Gasteiger partial charge in [-0.3, -0.25) is 9.78 Å². The molecule has 0 atom stereocenters. The lowest BCUT2D eigenvalue weighted by molar-refractivity contribution is 0.0936. The smallest absolute Gasteiger partial charge is 0.253 e. The fourth-order valence-corrected chi connectivity index (χ4v) is 4.44. The summed E-state index contributed by atoms with van der Waals surface area (Å²) in [5.41, 5.74) is 8.59. The maximum absolute atomic E-state index is 12.6. The highest BCUT2D eigenvalue weighted by molar-refractivity contribution is 6.01. The maximum atomic E-state index is 12.6. The second-order valence-corrected chi connectivity index (χ2v) is 7.55. The van der Waals surface area contributed by atoms with Crippen molar-refractivity contribution in [3.05, 3.63) is 53.4 Å². The summed E-state index contributed by atoms with van der Waals surface area (Å²) in [5.74, 6) is 0.0733. The van der Waals surface area contributed by atoms with Gasteiger partial charge in [-0.15, -0.1) is 0 Å². The largest absolute Gasteiger partial charge is 0.357 e. The Hall–Kier alpha value is -3.02. The summed E-state index contributed by atoms with van der Waals surface area (Å²) in [6, 6.07) is 2.10. The highest BCUT2D eigenvalue weighted by atomic mass is 16.1. The number of nitrogens with one attached hydrogen (secondary N) is 2. The van der Waals surface area contributed by atoms with E-state index in [9.17, 15) is 4.79 Å². The summed E-state index contributed by atoms with van der Waals surface area (Å²) in [5, 5.41) is 3.10. The van der Waals surface area contributed by atoms with Crippen LogP contribution < -0.4 is 5.32 Å². The summed E-state index contributed by atoms with van der Waals surface area (Å²) >= 11 is 0. The third-order valence-corrected chi connectivity index (χ3v) is 6.06. The van der Waals surface area contributed by atoms with E-state index in [1.165, 1.54) is 11.9 Å². The van der Waals surface area contributed by atoms with Crippen molar-refractivity contribution < 1.29 is 4.79 Å². The molecular weight excluding hydrogens is 326 g/mol. The molecule has 6 heteroatoms. The van der Waals surface area contributed by atoms with E-state index in [1.54, 1.807) is 12.4 Å². The Morgan fingerprint density at radius 3 is 2.73 bits per heavy atom. The SMILES string of the molecule is O=C1NCC2(CC2)c2[nH]c3c(c21)CCc1cnc(-c2cncnc2)cc1-3. The molecule has 2 aliphatic carbocycles. The number of aromatic nitrogens is 4. The molecule has 0 saturated heterocycles. The molecule has 1 aliphatic heterocycles. The Labute approximate surface area is 150 Å². The standard InChI is InChI=1S/C20H17N5O/c26-19-16-13-2-1-11-8-23-15(12-6-21-10-22-7-12)5-14(11)17(13)25-18(16)20(3-4-20)9-24-19/h5-8,10,25H,1-4,9H2,(H,24,26). The predicted octanol–water partition coefficient (Wildman–Crippen LogP) is 2.41. The lowest BCUT2D eigenvalue weighted by Gasteiger charge is -2.23. The number of hydrogen-bond acceptors (Lipinski definition) is 4. The summed E-state index contributed by atoms with van der Waals surface area (Å²) in [6.07, 6.45) is 11.1. The lowest BCUT2D eigenvalue weighted by Crippen LogP contribution is -2.39. The van der Waals surface area contributed by atoms with Gasteiger partial charge >= 0.3 is 0 Å². The molecule has 0 aromatic carbocycles. The number of hydrogen-bond donors (Lipinski definition) is 2. The van der Waals surface area contributed by atoms with Crippen LogP contribution in [-0.2, 0) is 18.3 Å². The van der Waals surface area contributed by atoms with E-state index in [2.05, 4.69) is 31.3 Å². The minimum absolute atomic E-state index is 0.0733. The number of amides is 1. The molecule has 26 heavy (non-hydrogen) atoms. The molecule has 2 N–H and O–H groups in total. The number of fused-ring (bicyclic) bond motifs is 6. The number of aromatic amines is 1. The fraction of sp³-hybridized carbons (Fsp3) is 0.300. The second kappa shape index (κ2) is 4.78. The Balaban J connectivity index is 1.56. The molecule has 0 bridgehead atoms. The zero-order valence-electron chi connectivity index (χ0n) is 14.2. The van der Waals surface area contributed by atoms with Gasteiger partial charge in [-0.05, 0) is 42.9 Å². The van der Waals surface area contributed by atoms with Crippen molar-refractivity contribution in [2.24, 2.45) is 0 Å². The second-order valence-electron chi connectivity index (χ2n) is 7.55. The van der Waals surface area contributed by atoms with Gasteiger partial charge in [0.25, 0.3) is 5.91 Å². The van der Waals surface area contributed by atoms with Gasteiger partial charge in [0.2, 0.25) is 0 Å². The van der Waals surface area contributed by atoms with Crippen LogP contribution in [0.25, 0.3) is 22.5 Å². The summed E-state index contributed by atoms with van der Waals surface area (Å²) < 4.78 is 0. The first kappa shape index (κ1) is 14.2. The van der Waals surface area contributed by atoms with Gasteiger partial charge in [0.05, 0.1) is 17.0 Å². The van der Waals surface area contributed by atoms with Crippen LogP contribution >= 0.6 is 0 Å². The highest BCUT2D eigenvalue weighted by Gasteiger charge is 2.51. The van der Waals surface area contributed by atoms with Crippen molar-refractivity contribution in [1.29, 1.82) is 0 Å². The van der Waals surface area contributed by atoms with Crippen molar-refractivity contribution in [3.63, 3.8) is 0 Å². The number of H-pyrrole nitrogens is 1. The normalized spacial score (nSPS) is 18.7. The van der Waals surface area contributed by atoms with Crippen molar-refractivity contribution in [3.8, 4) is 22.5 Å². The zero-order chi connectivity index (χ0) is 17.3. The number of carbonyl (C=O) groups is 1. The van der Waals surface area contributed by atoms with Crippen LogP contribution in [0, 0.1) is 0 Å². The van der Waals surface area contributed by atoms with Crippen LogP contribution in [0.3, 0.4) is 0 Å². The molecule has 3 aliphatic rings. The Morgan fingerprint density at radius 1 is 1.08 bits per heavy atom. The van der Waals surface area contributed by atoms with Crippen LogP contribution in [0.2, 0.25) is 0 Å². The van der Waals surface area contributed by atoms with Gasteiger partial charge in [0.15, 0.2) is 0 Å². The number of carbonyl (C=O) groups excluding carboxylic acids is 1. The molecule has 1 fully saturated rings. The third-order valence-electron chi connectivity index (χ3n) is 6.06. The molecule has 6 rings (SSSR count). The van der Waals surface area contributed by atoms with Crippen molar-refractivity contribution in [1.82, 2.24) is 25.3 Å². The first-order valence-electron chi connectivity index (χ1n) is 9.03. The molecule has 1 amide bonds. The van der Waals surface area contributed by atoms with Crippen LogP contribution in [-0.4, -0.2) is 32.4 Å². The molecule has 6 nitrogen and oxygen atoms in total. The van der Waals surface area contributed by atoms with E-state index < -0.39 is 0 Å². The monoisotopic (exact) mass is 343 g/mol. The summed E-state index contributed by atoms with van der Waals surface area (Å²) in [4.78, 5) is 29.0. The molecule has 0 unspecified atom stereocenters. The van der Waals surface area contributed by atoms with Gasteiger partial charge in [0, 0.05) is 47.4 Å². The predicted molar refractivity (Wildman–Crippen MR) is 95.7 cm³/mol. The average Bonchev–Trinajstić information content (AvgIpc) is 3.35. The van der Waals surface area contributed by atoms with Gasteiger partial charge in [0.1, 0.15) is 6.33 Å². The van der Waals surface area contributed by atoms with Crippen LogP contribution in [0.5, 0.6) is 0 Å². The molecule has 4 heterocycles. The van der Waals surface area contributed by atoms with Crippen molar-refractivity contribution in [2.75, 3.05) is 6.54 Å². The molecule has 0 radical (unpaired) electrons. The summed E-state index contributed by atoms with van der Waals surface area (Å²) in [7, 11) is 0. The van der Waals surface area contributed by atoms with E-state index in [4.69, 9.17) is 0 Å². The molecular formula is C20H17N5O. The van der Waals surface area contributed by atoms with E-state index in [0.29, 0.717) is 0 Å². The van der Waals surface area contributed by atoms with Gasteiger partial charge < -0.3 is 10.3 Å². The summed E-state index contributed by atoms with van der Waals surface area (Å²) in [6.45, 7) is 0.758. The third kappa shape index (κ3) is 1.81. The lowest BCUT2D eigenvalue weighted by atomic mass is 9.86. The van der Waals surface area contributed by atoms with E-state index in [1.807, 2.05) is 6.20 Å². The first-order valence-corrected chi connectivity index (χ1v) is 9.03. The van der Waals surface area contributed by atoms with Crippen molar-refractivity contribution in [2.45, 2.75) is 31.1 Å². The van der Waals surface area contributed by atoms with E-state index >= 15 is 0 Å². The van der Waals surface area contributed by atoms with Crippen LogP contribution in [0.1, 0.15) is 40.0 Å². The molecule has 1 spiro atoms. The molecule has 3 aromatic rings. The number of nitrogens with zero attached hydrogens (tertiary/aromatic N) is 3. The minimum Gasteiger partial charge on any atom is -0.357 e. The van der Waals surface area contributed by atoms with Gasteiger partial charge in [-0.25, -0.2) is 9.97 Å². The highest BCUT2D eigenvalue weighted by Crippen LogP contribution is 2.52. The quantitative estimate of drug-likeness (QED) is 0.711. The number of rotatable bonds is 1. The molecule has 128 valence electrons. The Morgan fingerprint density at radius 2 is 1.92 bits per heavy atom. The maximum Gasteiger partial charge on any atom is 0.253 e. The van der Waals surface area contributed by atoms with Crippen LogP contribution in [0.15, 0.2) is 31.0 Å². The van der Waals surface area contributed by atoms with Gasteiger partial charge in [-0.1, -0.05) is 0 Å². The average molecular weight is 343 g/mol. The topological polar surface area (TPSA) is 83.6 Å². The molecule has 1 saturated carbocycles. The van der Waals surface area contributed by atoms with E-state index in [0.717, 1.165) is 71.6 Å². The number of pyridine rings is 1. The Bertz CT molecular complexity index is 1070. The van der Waals surface area contributed by atoms with Crippen LogP contribution in [0.4, 0.5) is 0 Å². The van der Waals surface area contributed by atoms with Gasteiger partial charge in [-0.2, -0.15) is 0 Å². The Kier molecular flexibility index (Phi) is 2.61. The molecule has 3 aromatic heterocycles.